The lowest BCUT2D eigenvalue weighted by Gasteiger charge is -2.08. The lowest BCUT2D eigenvalue weighted by molar-refractivity contribution is -0.384. The van der Waals surface area contributed by atoms with E-state index in [9.17, 15) is 14.9 Å². The highest BCUT2D eigenvalue weighted by atomic mass is 32.2. The number of allylic oxidation sites excluding steroid dienone is 1. The Morgan fingerprint density at radius 2 is 2.28 bits per heavy atom. The molecule has 132 valence electrons. The Morgan fingerprint density at radius 3 is 2.92 bits per heavy atom. The molecule has 0 aliphatic heterocycles. The predicted octanol–water partition coefficient (Wildman–Crippen LogP) is 2.42. The van der Waals surface area contributed by atoms with E-state index in [0.717, 1.165) is 0 Å². The molecule has 1 aromatic carbocycles. The summed E-state index contributed by atoms with van der Waals surface area (Å²) in [5.41, 5.74) is -0.122. The van der Waals surface area contributed by atoms with Gasteiger partial charge in [0, 0.05) is 6.54 Å². The highest BCUT2D eigenvalue weighted by Crippen LogP contribution is 2.29. The number of rotatable bonds is 8. The molecule has 0 bridgehead atoms. The van der Waals surface area contributed by atoms with E-state index in [-0.39, 0.29) is 23.0 Å². The van der Waals surface area contributed by atoms with Crippen LogP contribution in [0.5, 0.6) is 5.75 Å². The smallest absolute Gasteiger partial charge is 0.296 e. The van der Waals surface area contributed by atoms with Crippen molar-refractivity contribution in [3.8, 4) is 5.75 Å². The average molecular weight is 363 g/mol. The molecule has 2 rings (SSSR count). The number of hydrogen-bond acceptors (Lipinski definition) is 7. The molecule has 0 unspecified atom stereocenters. The summed E-state index contributed by atoms with van der Waals surface area (Å²) < 4.78 is 6.78. The third kappa shape index (κ3) is 4.57. The van der Waals surface area contributed by atoms with Crippen LogP contribution in [0.15, 0.2) is 36.0 Å². The number of anilines is 1. The predicted molar refractivity (Wildman–Crippen MR) is 94.0 cm³/mol. The fourth-order valence-electron chi connectivity index (χ4n) is 2.02. The van der Waals surface area contributed by atoms with Crippen LogP contribution < -0.4 is 10.1 Å². The van der Waals surface area contributed by atoms with Crippen molar-refractivity contribution < 1.29 is 14.5 Å². The Kier molecular flexibility index (Phi) is 6.12. The molecule has 0 fully saturated rings. The maximum Gasteiger partial charge on any atom is 0.296 e. The van der Waals surface area contributed by atoms with E-state index in [1.165, 1.54) is 31.0 Å². The molecule has 0 saturated heterocycles. The molecule has 0 radical (unpaired) electrons. The first-order valence-corrected chi connectivity index (χ1v) is 8.20. The normalized spacial score (nSPS) is 10.3. The summed E-state index contributed by atoms with van der Waals surface area (Å²) in [6, 6.07) is 4.23. The van der Waals surface area contributed by atoms with Crippen LogP contribution in [0.3, 0.4) is 0 Å². The number of nitro groups is 1. The summed E-state index contributed by atoms with van der Waals surface area (Å²) in [6.45, 7) is 6.01. The fourth-order valence-corrected chi connectivity index (χ4v) is 2.81. The topological polar surface area (TPSA) is 112 Å². The number of nitrogens with one attached hydrogen (secondary N) is 1. The van der Waals surface area contributed by atoms with Crippen LogP contribution in [0, 0.1) is 17.0 Å². The number of methoxy groups -OCH3 is 1. The first-order chi connectivity index (χ1) is 12.0. The fraction of sp³-hybridized carbons (Fsp3) is 0.267. The Hall–Kier alpha value is -2.88. The summed E-state index contributed by atoms with van der Waals surface area (Å²) in [6.07, 6.45) is 1.71. The molecule has 1 amide bonds. The molecule has 2 aromatic rings. The number of amides is 1. The van der Waals surface area contributed by atoms with Gasteiger partial charge in [-0.05, 0) is 19.1 Å². The second-order valence-electron chi connectivity index (χ2n) is 4.91. The molecule has 1 heterocycles. The van der Waals surface area contributed by atoms with Crippen molar-refractivity contribution in [2.24, 2.45) is 0 Å². The molecule has 1 N–H and O–H groups in total. The van der Waals surface area contributed by atoms with Crippen LogP contribution in [0.4, 0.5) is 11.4 Å². The molecule has 10 heteroatoms. The molecule has 0 aliphatic rings. The summed E-state index contributed by atoms with van der Waals surface area (Å²) in [7, 11) is 1.41. The SMILES string of the molecule is C=CCn1c(C)nnc1SCC(=O)Nc1ccc(OC)cc1[N+](=O)[O-]. The standard InChI is InChI=1S/C15H17N5O4S/c1-4-7-19-10(2)17-18-15(19)25-9-14(21)16-12-6-5-11(24-3)8-13(12)20(22)23/h4-6,8H,1,7,9H2,2-3H3,(H,16,21). The Bertz CT molecular complexity index is 805. The van der Waals surface area contributed by atoms with E-state index in [2.05, 4.69) is 22.1 Å². The van der Waals surface area contributed by atoms with Gasteiger partial charge in [0.15, 0.2) is 5.16 Å². The molecule has 0 spiro atoms. The molecule has 0 atom stereocenters. The van der Waals surface area contributed by atoms with E-state index >= 15 is 0 Å². The van der Waals surface area contributed by atoms with Gasteiger partial charge in [-0.1, -0.05) is 17.8 Å². The van der Waals surface area contributed by atoms with Gasteiger partial charge in [-0.3, -0.25) is 14.9 Å². The van der Waals surface area contributed by atoms with Crippen LogP contribution in [0.25, 0.3) is 0 Å². The molecule has 0 aliphatic carbocycles. The zero-order valence-electron chi connectivity index (χ0n) is 13.8. The maximum atomic E-state index is 12.1. The minimum absolute atomic E-state index is 0.0401. The lowest BCUT2D eigenvalue weighted by atomic mass is 10.2. The van der Waals surface area contributed by atoms with Crippen LogP contribution in [0.2, 0.25) is 0 Å². The molecular formula is C15H17N5O4S. The van der Waals surface area contributed by atoms with Crippen molar-refractivity contribution >= 4 is 29.0 Å². The van der Waals surface area contributed by atoms with E-state index in [0.29, 0.717) is 23.3 Å². The van der Waals surface area contributed by atoms with Crippen molar-refractivity contribution in [2.75, 3.05) is 18.2 Å². The van der Waals surface area contributed by atoms with Gasteiger partial charge in [-0.2, -0.15) is 0 Å². The number of hydrogen-bond donors (Lipinski definition) is 1. The molecule has 0 saturated carbocycles. The lowest BCUT2D eigenvalue weighted by Crippen LogP contribution is -2.15. The van der Waals surface area contributed by atoms with Crippen molar-refractivity contribution in [2.45, 2.75) is 18.6 Å². The number of aryl methyl sites for hydroxylation is 1. The van der Waals surface area contributed by atoms with E-state index in [1.54, 1.807) is 19.1 Å². The highest BCUT2D eigenvalue weighted by molar-refractivity contribution is 7.99. The Morgan fingerprint density at radius 1 is 1.52 bits per heavy atom. The first kappa shape index (κ1) is 18.5. The van der Waals surface area contributed by atoms with Crippen molar-refractivity contribution in [1.82, 2.24) is 14.8 Å². The number of carbonyl (C=O) groups excluding carboxylic acids is 1. The van der Waals surface area contributed by atoms with Crippen LogP contribution in [0.1, 0.15) is 5.82 Å². The zero-order valence-corrected chi connectivity index (χ0v) is 14.6. The van der Waals surface area contributed by atoms with Crippen molar-refractivity contribution in [3.63, 3.8) is 0 Å². The van der Waals surface area contributed by atoms with Crippen LogP contribution in [-0.4, -0.2) is 38.5 Å². The van der Waals surface area contributed by atoms with Gasteiger partial charge in [0.25, 0.3) is 5.69 Å². The van der Waals surface area contributed by atoms with Gasteiger partial charge in [-0.25, -0.2) is 0 Å². The number of aromatic nitrogens is 3. The number of thioether (sulfide) groups is 1. The van der Waals surface area contributed by atoms with E-state index < -0.39 is 4.92 Å². The molecule has 1 aromatic heterocycles. The molecule has 9 nitrogen and oxygen atoms in total. The van der Waals surface area contributed by atoms with Gasteiger partial charge < -0.3 is 14.6 Å². The number of benzene rings is 1. The van der Waals surface area contributed by atoms with Gasteiger partial charge in [0.2, 0.25) is 5.91 Å². The first-order valence-electron chi connectivity index (χ1n) is 7.22. The van der Waals surface area contributed by atoms with Gasteiger partial charge in [-0.15, -0.1) is 16.8 Å². The van der Waals surface area contributed by atoms with Gasteiger partial charge in [0.1, 0.15) is 17.3 Å². The largest absolute Gasteiger partial charge is 0.496 e. The summed E-state index contributed by atoms with van der Waals surface area (Å²) in [5.74, 6) is 0.711. The second-order valence-corrected chi connectivity index (χ2v) is 5.85. The number of ether oxygens (including phenoxy) is 1. The van der Waals surface area contributed by atoms with Gasteiger partial charge in [0.05, 0.1) is 23.9 Å². The second kappa shape index (κ2) is 8.29. The van der Waals surface area contributed by atoms with E-state index in [1.807, 2.05) is 4.57 Å². The minimum atomic E-state index is -0.574. The number of carbonyl (C=O) groups is 1. The quantitative estimate of drug-likeness (QED) is 0.332. The Labute approximate surface area is 148 Å². The third-order valence-electron chi connectivity index (χ3n) is 3.22. The monoisotopic (exact) mass is 363 g/mol. The summed E-state index contributed by atoms with van der Waals surface area (Å²) in [4.78, 5) is 22.7. The average Bonchev–Trinajstić information content (AvgIpc) is 2.94. The van der Waals surface area contributed by atoms with Crippen molar-refractivity contribution in [3.05, 3.63) is 46.8 Å². The zero-order chi connectivity index (χ0) is 18.4. The summed E-state index contributed by atoms with van der Waals surface area (Å²) >= 11 is 1.19. The van der Waals surface area contributed by atoms with Crippen LogP contribution in [-0.2, 0) is 11.3 Å². The number of nitro benzene ring substituents is 1. The van der Waals surface area contributed by atoms with E-state index in [4.69, 9.17) is 4.74 Å². The maximum absolute atomic E-state index is 12.1. The molecule has 25 heavy (non-hydrogen) atoms. The van der Waals surface area contributed by atoms with Crippen molar-refractivity contribution in [1.29, 1.82) is 0 Å². The number of nitrogens with zero attached hydrogens (tertiary/aromatic N) is 4. The van der Waals surface area contributed by atoms with Crippen LogP contribution >= 0.6 is 11.8 Å². The summed E-state index contributed by atoms with van der Waals surface area (Å²) in [5, 5.41) is 22.2. The van der Waals surface area contributed by atoms with Gasteiger partial charge >= 0.3 is 0 Å². The minimum Gasteiger partial charge on any atom is -0.496 e. The third-order valence-corrected chi connectivity index (χ3v) is 4.19. The Balaban J connectivity index is 2.06. The highest BCUT2D eigenvalue weighted by Gasteiger charge is 2.18. The molecular weight excluding hydrogens is 346 g/mol.